The first-order valence-corrected chi connectivity index (χ1v) is 5.20. The van der Waals surface area contributed by atoms with Crippen molar-refractivity contribution >= 4 is 11.6 Å². The van der Waals surface area contributed by atoms with Gasteiger partial charge in [0.2, 0.25) is 0 Å². The summed E-state index contributed by atoms with van der Waals surface area (Å²) in [6, 6.07) is 0. The summed E-state index contributed by atoms with van der Waals surface area (Å²) in [6.45, 7) is 7.14. The van der Waals surface area contributed by atoms with E-state index in [4.69, 9.17) is 9.15 Å². The summed E-state index contributed by atoms with van der Waals surface area (Å²) in [5.41, 5.74) is 0.737. The van der Waals surface area contributed by atoms with Crippen molar-refractivity contribution in [3.05, 3.63) is 22.6 Å². The third-order valence-electron chi connectivity index (χ3n) is 2.30. The molecule has 0 aromatic carbocycles. The van der Waals surface area contributed by atoms with E-state index in [1.165, 1.54) is 13.8 Å². The number of carbonyl (C=O) groups excluding carboxylic acids is 2. The Balaban J connectivity index is 3.24. The molecule has 88 valence electrons. The fourth-order valence-electron chi connectivity index (χ4n) is 1.69. The fourth-order valence-corrected chi connectivity index (χ4v) is 1.69. The van der Waals surface area contributed by atoms with E-state index in [0.717, 1.165) is 0 Å². The fraction of sp³-hybridized carbons (Fsp3) is 0.500. The van der Waals surface area contributed by atoms with Crippen molar-refractivity contribution in [1.82, 2.24) is 0 Å². The van der Waals surface area contributed by atoms with Crippen LogP contribution in [0.1, 0.15) is 53.0 Å². The molecule has 0 atom stereocenters. The van der Waals surface area contributed by atoms with Gasteiger partial charge in [0.05, 0.1) is 11.1 Å². The summed E-state index contributed by atoms with van der Waals surface area (Å²) in [6.07, 6.45) is 0. The quantitative estimate of drug-likeness (QED) is 0.721. The molecule has 0 unspecified atom stereocenters. The predicted octanol–water partition coefficient (Wildman–Crippen LogP) is 2.53. The zero-order valence-corrected chi connectivity index (χ0v) is 10.0. The number of Topliss-reactive ketones (excluding diaryl/α,β-unsaturated/α-hetero) is 2. The molecule has 1 rings (SSSR count). The van der Waals surface area contributed by atoms with Crippen molar-refractivity contribution in [2.75, 3.05) is 6.61 Å². The molecule has 0 saturated heterocycles. The third kappa shape index (κ3) is 2.39. The Hall–Kier alpha value is -1.42. The van der Waals surface area contributed by atoms with E-state index in [2.05, 4.69) is 0 Å². The number of aryl methyl sites for hydroxylation is 1. The zero-order chi connectivity index (χ0) is 12.3. The first-order chi connectivity index (χ1) is 7.49. The maximum absolute atomic E-state index is 11.5. The molecule has 4 heteroatoms. The van der Waals surface area contributed by atoms with Crippen LogP contribution < -0.4 is 0 Å². The molecular formula is C12H16O4. The molecule has 0 radical (unpaired) electrons. The molecule has 0 aliphatic heterocycles. The molecule has 1 aromatic heterocycles. The van der Waals surface area contributed by atoms with E-state index in [0.29, 0.717) is 29.3 Å². The monoisotopic (exact) mass is 224 g/mol. The van der Waals surface area contributed by atoms with Crippen LogP contribution in [0.5, 0.6) is 0 Å². The summed E-state index contributed by atoms with van der Waals surface area (Å²) in [5.74, 6) is 0.593. The van der Waals surface area contributed by atoms with Crippen LogP contribution in [0.2, 0.25) is 0 Å². The van der Waals surface area contributed by atoms with Crippen molar-refractivity contribution in [3.63, 3.8) is 0 Å². The molecule has 0 aliphatic rings. The van der Waals surface area contributed by atoms with Crippen LogP contribution in [-0.2, 0) is 11.3 Å². The van der Waals surface area contributed by atoms with E-state index in [9.17, 15) is 9.59 Å². The van der Waals surface area contributed by atoms with Crippen molar-refractivity contribution < 1.29 is 18.7 Å². The van der Waals surface area contributed by atoms with Gasteiger partial charge in [0.15, 0.2) is 11.6 Å². The third-order valence-corrected chi connectivity index (χ3v) is 2.30. The lowest BCUT2D eigenvalue weighted by Crippen LogP contribution is -2.05. The molecule has 0 fully saturated rings. The Bertz CT molecular complexity index is 415. The Kier molecular flexibility index (Phi) is 4.01. The van der Waals surface area contributed by atoms with E-state index in [-0.39, 0.29) is 18.2 Å². The van der Waals surface area contributed by atoms with Crippen LogP contribution in [-0.4, -0.2) is 18.2 Å². The van der Waals surface area contributed by atoms with E-state index in [1.54, 1.807) is 6.92 Å². The summed E-state index contributed by atoms with van der Waals surface area (Å²) in [7, 11) is 0. The normalized spacial score (nSPS) is 10.5. The van der Waals surface area contributed by atoms with Gasteiger partial charge in [-0.05, 0) is 27.7 Å². The Labute approximate surface area is 94.6 Å². The van der Waals surface area contributed by atoms with Crippen molar-refractivity contribution in [2.24, 2.45) is 0 Å². The molecular weight excluding hydrogens is 208 g/mol. The first kappa shape index (κ1) is 12.6. The van der Waals surface area contributed by atoms with Gasteiger partial charge >= 0.3 is 0 Å². The van der Waals surface area contributed by atoms with Gasteiger partial charge in [-0.2, -0.15) is 0 Å². The Morgan fingerprint density at radius 1 is 1.19 bits per heavy atom. The minimum Gasteiger partial charge on any atom is -0.462 e. The maximum Gasteiger partial charge on any atom is 0.164 e. The summed E-state index contributed by atoms with van der Waals surface area (Å²) >= 11 is 0. The van der Waals surface area contributed by atoms with Crippen LogP contribution in [0.3, 0.4) is 0 Å². The number of rotatable bonds is 5. The number of hydrogen-bond donors (Lipinski definition) is 0. The molecule has 0 bridgehead atoms. The number of carbonyl (C=O) groups is 2. The van der Waals surface area contributed by atoms with Gasteiger partial charge in [-0.1, -0.05) is 0 Å². The lowest BCUT2D eigenvalue weighted by molar-refractivity contribution is 0.0968. The first-order valence-electron chi connectivity index (χ1n) is 5.20. The standard InChI is InChI=1S/C12H16O4/c1-5-15-6-10-12(8(3)14)11(7(2)13)9(4)16-10/h5-6H2,1-4H3. The molecule has 0 saturated carbocycles. The van der Waals surface area contributed by atoms with Gasteiger partial charge in [0.25, 0.3) is 0 Å². The van der Waals surface area contributed by atoms with Gasteiger partial charge in [0.1, 0.15) is 18.1 Å². The molecule has 0 spiro atoms. The highest BCUT2D eigenvalue weighted by Crippen LogP contribution is 2.24. The Morgan fingerprint density at radius 2 is 1.75 bits per heavy atom. The molecule has 0 amide bonds. The maximum atomic E-state index is 11.5. The number of ether oxygens (including phenoxy) is 1. The summed E-state index contributed by atoms with van der Waals surface area (Å²) in [5, 5.41) is 0. The summed E-state index contributed by atoms with van der Waals surface area (Å²) in [4.78, 5) is 22.9. The topological polar surface area (TPSA) is 56.5 Å². The van der Waals surface area contributed by atoms with Crippen LogP contribution >= 0.6 is 0 Å². The highest BCUT2D eigenvalue weighted by atomic mass is 16.5. The van der Waals surface area contributed by atoms with Crippen LogP contribution in [0.25, 0.3) is 0 Å². The van der Waals surface area contributed by atoms with Gasteiger partial charge in [-0.3, -0.25) is 9.59 Å². The molecule has 1 aromatic rings. The summed E-state index contributed by atoms with van der Waals surface area (Å²) < 4.78 is 10.6. The second kappa shape index (κ2) is 5.07. The van der Waals surface area contributed by atoms with Gasteiger partial charge in [-0.25, -0.2) is 0 Å². The Morgan fingerprint density at radius 3 is 2.19 bits per heavy atom. The van der Waals surface area contributed by atoms with E-state index in [1.807, 2.05) is 6.92 Å². The lowest BCUT2D eigenvalue weighted by atomic mass is 10.0. The van der Waals surface area contributed by atoms with Gasteiger partial charge in [0, 0.05) is 6.61 Å². The number of furan rings is 1. The number of hydrogen-bond acceptors (Lipinski definition) is 4. The lowest BCUT2D eigenvalue weighted by Gasteiger charge is -2.00. The highest BCUT2D eigenvalue weighted by Gasteiger charge is 2.23. The molecule has 4 nitrogen and oxygen atoms in total. The molecule has 0 N–H and O–H groups in total. The smallest absolute Gasteiger partial charge is 0.164 e. The van der Waals surface area contributed by atoms with Crippen LogP contribution in [0.15, 0.2) is 4.42 Å². The minimum atomic E-state index is -0.170. The van der Waals surface area contributed by atoms with Crippen LogP contribution in [0.4, 0.5) is 0 Å². The second-order valence-electron chi connectivity index (χ2n) is 3.58. The highest BCUT2D eigenvalue weighted by molar-refractivity contribution is 6.08. The van der Waals surface area contributed by atoms with E-state index < -0.39 is 0 Å². The number of ketones is 2. The molecule has 16 heavy (non-hydrogen) atoms. The van der Waals surface area contributed by atoms with Gasteiger partial charge in [-0.15, -0.1) is 0 Å². The van der Waals surface area contributed by atoms with Crippen molar-refractivity contribution in [1.29, 1.82) is 0 Å². The molecule has 1 heterocycles. The SMILES string of the molecule is CCOCc1oc(C)c(C(C)=O)c1C(C)=O. The van der Waals surface area contributed by atoms with Crippen molar-refractivity contribution in [2.45, 2.75) is 34.3 Å². The second-order valence-corrected chi connectivity index (χ2v) is 3.58. The average Bonchev–Trinajstić information content (AvgIpc) is 2.52. The van der Waals surface area contributed by atoms with E-state index >= 15 is 0 Å². The largest absolute Gasteiger partial charge is 0.462 e. The van der Waals surface area contributed by atoms with Crippen LogP contribution in [0, 0.1) is 6.92 Å². The van der Waals surface area contributed by atoms with Crippen molar-refractivity contribution in [3.8, 4) is 0 Å². The molecule has 0 aliphatic carbocycles. The zero-order valence-electron chi connectivity index (χ0n) is 10.0. The van der Waals surface area contributed by atoms with Gasteiger partial charge < -0.3 is 9.15 Å². The average molecular weight is 224 g/mol. The minimum absolute atomic E-state index is 0.158. The predicted molar refractivity (Wildman–Crippen MR) is 58.8 cm³/mol.